The van der Waals surface area contributed by atoms with E-state index in [1.165, 1.54) is 22.9 Å². The summed E-state index contributed by atoms with van der Waals surface area (Å²) in [4.78, 5) is 33.8. The number of imidazole rings is 1. The molecular formula is C26H28N4O4S. The van der Waals surface area contributed by atoms with E-state index in [0.29, 0.717) is 43.4 Å². The van der Waals surface area contributed by atoms with E-state index in [0.717, 1.165) is 10.8 Å². The molecular weight excluding hydrogens is 464 g/mol. The smallest absolute Gasteiger partial charge is 0.267 e. The number of hydrogen-bond donors (Lipinski definition) is 0. The summed E-state index contributed by atoms with van der Waals surface area (Å²) in [6, 6.07) is 13.7. The predicted molar refractivity (Wildman–Crippen MR) is 133 cm³/mol. The Bertz CT molecular complexity index is 1220. The van der Waals surface area contributed by atoms with Crippen LogP contribution in [0.4, 0.5) is 0 Å². The van der Waals surface area contributed by atoms with E-state index in [-0.39, 0.29) is 18.4 Å². The molecule has 8 nitrogen and oxygen atoms in total. The van der Waals surface area contributed by atoms with Crippen LogP contribution in [-0.4, -0.2) is 75.8 Å². The fourth-order valence-electron chi connectivity index (χ4n) is 4.42. The number of amides is 2. The van der Waals surface area contributed by atoms with E-state index in [2.05, 4.69) is 37.0 Å². The van der Waals surface area contributed by atoms with Gasteiger partial charge in [-0.1, -0.05) is 30.0 Å². The number of aryl methyl sites for hydroxylation is 2. The summed E-state index contributed by atoms with van der Waals surface area (Å²) in [5.74, 6) is 1.48. The highest BCUT2D eigenvalue weighted by Gasteiger charge is 2.33. The van der Waals surface area contributed by atoms with Gasteiger partial charge in [0.25, 0.3) is 5.91 Å². The van der Waals surface area contributed by atoms with Crippen molar-refractivity contribution < 1.29 is 19.1 Å². The van der Waals surface area contributed by atoms with Crippen LogP contribution in [0.5, 0.6) is 11.5 Å². The molecule has 9 heteroatoms. The SMILES string of the molecule is Cc1cc(C)cc(-n2ccnc2SCC(=O)N2CCN(C(=O)C3COc4ccccc4O3)CC2)c1. The van der Waals surface area contributed by atoms with E-state index in [1.54, 1.807) is 17.2 Å². The molecule has 1 saturated heterocycles. The Balaban J connectivity index is 1.13. The maximum Gasteiger partial charge on any atom is 0.267 e. The van der Waals surface area contributed by atoms with Crippen LogP contribution < -0.4 is 9.47 Å². The molecule has 5 rings (SSSR count). The first-order chi connectivity index (χ1) is 17.0. The first kappa shape index (κ1) is 23.3. The zero-order valence-corrected chi connectivity index (χ0v) is 20.7. The number of piperazine rings is 1. The lowest BCUT2D eigenvalue weighted by Gasteiger charge is -2.37. The highest BCUT2D eigenvalue weighted by molar-refractivity contribution is 7.99. The number of nitrogens with zero attached hydrogens (tertiary/aromatic N) is 4. The van der Waals surface area contributed by atoms with Crippen molar-refractivity contribution in [1.29, 1.82) is 0 Å². The average Bonchev–Trinajstić information content (AvgIpc) is 3.35. The van der Waals surface area contributed by atoms with Crippen molar-refractivity contribution in [3.63, 3.8) is 0 Å². The Morgan fingerprint density at radius 2 is 1.69 bits per heavy atom. The van der Waals surface area contributed by atoms with Gasteiger partial charge in [-0.2, -0.15) is 0 Å². The Kier molecular flexibility index (Phi) is 6.68. The fourth-order valence-corrected chi connectivity index (χ4v) is 5.30. The van der Waals surface area contributed by atoms with E-state index < -0.39 is 6.10 Å². The van der Waals surface area contributed by atoms with Crippen LogP contribution in [0.2, 0.25) is 0 Å². The van der Waals surface area contributed by atoms with Crippen LogP contribution in [0.3, 0.4) is 0 Å². The van der Waals surface area contributed by atoms with Crippen molar-refractivity contribution in [3.05, 3.63) is 66.0 Å². The largest absolute Gasteiger partial charge is 0.485 e. The molecule has 0 saturated carbocycles. The van der Waals surface area contributed by atoms with Crippen LogP contribution in [0.25, 0.3) is 5.69 Å². The molecule has 0 aliphatic carbocycles. The summed E-state index contributed by atoms with van der Waals surface area (Å²) >= 11 is 1.43. The summed E-state index contributed by atoms with van der Waals surface area (Å²) in [7, 11) is 0. The quantitative estimate of drug-likeness (QED) is 0.510. The second-order valence-electron chi connectivity index (χ2n) is 8.78. The third-order valence-corrected chi connectivity index (χ3v) is 7.10. The van der Waals surface area contributed by atoms with Crippen molar-refractivity contribution in [2.75, 3.05) is 38.5 Å². The number of aromatic nitrogens is 2. The minimum absolute atomic E-state index is 0.0447. The topological polar surface area (TPSA) is 76.9 Å². The lowest BCUT2D eigenvalue weighted by atomic mass is 10.1. The summed E-state index contributed by atoms with van der Waals surface area (Å²) in [6.45, 7) is 6.29. The van der Waals surface area contributed by atoms with Crippen LogP contribution >= 0.6 is 11.8 Å². The first-order valence-electron chi connectivity index (χ1n) is 11.7. The molecule has 2 aliphatic rings. The first-order valence-corrected chi connectivity index (χ1v) is 12.7. The molecule has 0 spiro atoms. The summed E-state index contributed by atoms with van der Waals surface area (Å²) in [6.07, 6.45) is 3.01. The van der Waals surface area contributed by atoms with Gasteiger partial charge in [-0.3, -0.25) is 14.2 Å². The number of thioether (sulfide) groups is 1. The van der Waals surface area contributed by atoms with Gasteiger partial charge >= 0.3 is 0 Å². The number of carbonyl (C=O) groups is 2. The molecule has 1 unspecified atom stereocenters. The maximum atomic E-state index is 12.9. The van der Waals surface area contributed by atoms with E-state index in [4.69, 9.17) is 9.47 Å². The number of benzene rings is 2. The van der Waals surface area contributed by atoms with Gasteiger partial charge in [0.1, 0.15) is 6.61 Å². The number of carbonyl (C=O) groups excluding carboxylic acids is 2. The zero-order chi connectivity index (χ0) is 24.4. The molecule has 0 N–H and O–H groups in total. The molecule has 1 atom stereocenters. The Hall–Kier alpha value is -3.46. The molecule has 2 aliphatic heterocycles. The van der Waals surface area contributed by atoms with E-state index >= 15 is 0 Å². The molecule has 3 heterocycles. The standard InChI is InChI=1S/C26H28N4O4S/c1-18-13-19(2)15-20(14-18)30-8-7-27-26(30)35-17-24(31)28-9-11-29(12-10-28)25(32)23-16-33-21-5-3-4-6-22(21)34-23/h3-8,13-15,23H,9-12,16-17H2,1-2H3. The number of fused-ring (bicyclic) bond motifs is 1. The van der Waals surface area contributed by atoms with E-state index in [9.17, 15) is 9.59 Å². The minimum atomic E-state index is -0.660. The van der Waals surface area contributed by atoms with Crippen molar-refractivity contribution in [2.45, 2.75) is 25.1 Å². The fraction of sp³-hybridized carbons (Fsp3) is 0.346. The Labute approximate surface area is 208 Å². The van der Waals surface area contributed by atoms with Crippen molar-refractivity contribution in [3.8, 4) is 17.2 Å². The minimum Gasteiger partial charge on any atom is -0.485 e. The third-order valence-electron chi connectivity index (χ3n) is 6.14. The molecule has 2 amide bonds. The number of ether oxygens (including phenoxy) is 2. The Morgan fingerprint density at radius 1 is 1.00 bits per heavy atom. The predicted octanol–water partition coefficient (Wildman–Crippen LogP) is 3.09. The van der Waals surface area contributed by atoms with Crippen LogP contribution in [0.15, 0.2) is 60.0 Å². The van der Waals surface area contributed by atoms with Crippen LogP contribution in [-0.2, 0) is 9.59 Å². The molecule has 0 radical (unpaired) electrons. The normalized spacial score (nSPS) is 17.4. The summed E-state index contributed by atoms with van der Waals surface area (Å²) in [5, 5.41) is 0.784. The van der Waals surface area contributed by atoms with Crippen LogP contribution in [0.1, 0.15) is 11.1 Å². The second-order valence-corrected chi connectivity index (χ2v) is 9.73. The van der Waals surface area contributed by atoms with Gasteiger partial charge in [-0.05, 0) is 49.2 Å². The van der Waals surface area contributed by atoms with Gasteiger partial charge < -0.3 is 19.3 Å². The molecule has 3 aromatic rings. The van der Waals surface area contributed by atoms with Gasteiger partial charge in [0.15, 0.2) is 16.7 Å². The number of para-hydroxylation sites is 2. The summed E-state index contributed by atoms with van der Waals surface area (Å²) in [5.41, 5.74) is 3.41. The van der Waals surface area contributed by atoms with Gasteiger partial charge in [-0.15, -0.1) is 0 Å². The van der Waals surface area contributed by atoms with Crippen molar-refractivity contribution in [1.82, 2.24) is 19.4 Å². The van der Waals surface area contributed by atoms with Gasteiger partial charge in [-0.25, -0.2) is 4.98 Å². The van der Waals surface area contributed by atoms with Crippen molar-refractivity contribution >= 4 is 23.6 Å². The molecule has 1 aromatic heterocycles. The number of rotatable bonds is 5. The molecule has 0 bridgehead atoms. The molecule has 35 heavy (non-hydrogen) atoms. The lowest BCUT2D eigenvalue weighted by Crippen LogP contribution is -2.55. The monoisotopic (exact) mass is 492 g/mol. The maximum absolute atomic E-state index is 12.9. The number of hydrogen-bond acceptors (Lipinski definition) is 6. The second kappa shape index (κ2) is 10.0. The van der Waals surface area contributed by atoms with Gasteiger partial charge in [0, 0.05) is 44.3 Å². The lowest BCUT2D eigenvalue weighted by molar-refractivity contribution is -0.145. The Morgan fingerprint density at radius 3 is 2.43 bits per heavy atom. The van der Waals surface area contributed by atoms with Gasteiger partial charge in [0.05, 0.1) is 5.75 Å². The highest BCUT2D eigenvalue weighted by atomic mass is 32.2. The van der Waals surface area contributed by atoms with Crippen LogP contribution in [0, 0.1) is 13.8 Å². The summed E-state index contributed by atoms with van der Waals surface area (Å²) < 4.78 is 13.5. The van der Waals surface area contributed by atoms with Gasteiger partial charge in [0.2, 0.25) is 12.0 Å². The van der Waals surface area contributed by atoms with E-state index in [1.807, 2.05) is 33.9 Å². The molecule has 2 aromatic carbocycles. The zero-order valence-electron chi connectivity index (χ0n) is 19.8. The van der Waals surface area contributed by atoms with Crippen molar-refractivity contribution in [2.24, 2.45) is 0 Å². The molecule has 182 valence electrons. The average molecular weight is 493 g/mol. The highest BCUT2D eigenvalue weighted by Crippen LogP contribution is 2.31. The molecule has 1 fully saturated rings. The third kappa shape index (κ3) is 5.14.